The number of amides is 1. The third-order valence-corrected chi connectivity index (χ3v) is 3.77. The van der Waals surface area contributed by atoms with Crippen LogP contribution < -0.4 is 15.2 Å². The van der Waals surface area contributed by atoms with Crippen LogP contribution in [0.15, 0.2) is 24.3 Å². The largest absolute Gasteiger partial charge is 0.493 e. The normalized spacial score (nSPS) is 16.0. The van der Waals surface area contributed by atoms with E-state index in [0.29, 0.717) is 18.1 Å². The molecule has 1 aromatic carbocycles. The Balaban J connectivity index is 2.10. The number of nitrogens with zero attached hydrogens (tertiary/aromatic N) is 1. The van der Waals surface area contributed by atoms with Gasteiger partial charge in [0.25, 0.3) is 0 Å². The van der Waals surface area contributed by atoms with Gasteiger partial charge in [0.2, 0.25) is 5.91 Å². The van der Waals surface area contributed by atoms with E-state index in [4.69, 9.17) is 15.2 Å². The number of benzene rings is 1. The second-order valence-electron chi connectivity index (χ2n) is 5.31. The summed E-state index contributed by atoms with van der Waals surface area (Å²) in [6.45, 7) is 3.91. The molecule has 0 aromatic heterocycles. The van der Waals surface area contributed by atoms with Crippen molar-refractivity contribution in [3.05, 3.63) is 29.8 Å². The summed E-state index contributed by atoms with van der Waals surface area (Å²) in [5.74, 6) is 1.34. The molecular weight excluding hydrogens is 280 g/mol. The molecule has 0 aliphatic carbocycles. The smallest absolute Gasteiger partial charge is 0.246 e. The summed E-state index contributed by atoms with van der Waals surface area (Å²) in [5, 5.41) is 0. The van der Waals surface area contributed by atoms with Crippen LogP contribution in [0.3, 0.4) is 0 Å². The lowest BCUT2D eigenvalue weighted by Gasteiger charge is -2.29. The minimum Gasteiger partial charge on any atom is -0.493 e. The van der Waals surface area contributed by atoms with E-state index in [1.165, 1.54) is 0 Å². The van der Waals surface area contributed by atoms with Crippen LogP contribution in [0.5, 0.6) is 11.5 Å². The number of hydrogen-bond donors (Lipinski definition) is 1. The monoisotopic (exact) mass is 304 g/mol. The second kappa shape index (κ2) is 7.84. The summed E-state index contributed by atoms with van der Waals surface area (Å²) >= 11 is 0. The van der Waals surface area contributed by atoms with Crippen molar-refractivity contribution in [1.82, 2.24) is 4.90 Å². The van der Waals surface area contributed by atoms with E-state index in [9.17, 15) is 4.79 Å². The number of piperidine rings is 1. The number of rotatable bonds is 5. The van der Waals surface area contributed by atoms with Crippen molar-refractivity contribution in [2.24, 2.45) is 5.73 Å². The molecule has 5 nitrogen and oxygen atoms in total. The van der Waals surface area contributed by atoms with Crippen LogP contribution in [0.4, 0.5) is 0 Å². The molecule has 2 rings (SSSR count). The Labute approximate surface area is 131 Å². The molecule has 0 saturated carbocycles. The van der Waals surface area contributed by atoms with Crippen LogP contribution in [-0.2, 0) is 4.79 Å². The first kappa shape index (κ1) is 16.4. The van der Waals surface area contributed by atoms with Crippen molar-refractivity contribution in [2.45, 2.75) is 25.8 Å². The standard InChI is InChI=1S/C17H24N2O3/c1-3-22-17-13(5-4-6-15(17)21-2)7-8-16(20)19-11-9-14(18)10-12-19/h4-8,14H,3,9-12,18H2,1-2H3/b8-7+. The molecule has 22 heavy (non-hydrogen) atoms. The van der Waals surface area contributed by atoms with Crippen molar-refractivity contribution < 1.29 is 14.3 Å². The lowest BCUT2D eigenvalue weighted by molar-refractivity contribution is -0.126. The number of carbonyl (C=O) groups is 1. The van der Waals surface area contributed by atoms with Crippen molar-refractivity contribution >= 4 is 12.0 Å². The van der Waals surface area contributed by atoms with Gasteiger partial charge in [-0.3, -0.25) is 4.79 Å². The maximum atomic E-state index is 12.2. The fraction of sp³-hybridized carbons (Fsp3) is 0.471. The first-order valence-corrected chi connectivity index (χ1v) is 7.68. The lowest BCUT2D eigenvalue weighted by Crippen LogP contribution is -2.42. The maximum Gasteiger partial charge on any atom is 0.246 e. The fourth-order valence-corrected chi connectivity index (χ4v) is 2.51. The van der Waals surface area contributed by atoms with E-state index in [2.05, 4.69) is 0 Å². The molecular formula is C17H24N2O3. The maximum absolute atomic E-state index is 12.2. The van der Waals surface area contributed by atoms with Gasteiger partial charge < -0.3 is 20.1 Å². The van der Waals surface area contributed by atoms with Crippen molar-refractivity contribution in [3.63, 3.8) is 0 Å². The zero-order valence-electron chi connectivity index (χ0n) is 13.2. The van der Waals surface area contributed by atoms with Gasteiger partial charge >= 0.3 is 0 Å². The average Bonchev–Trinajstić information content (AvgIpc) is 2.54. The zero-order chi connectivity index (χ0) is 15.9. The SMILES string of the molecule is CCOc1c(/C=C/C(=O)N2CCC(N)CC2)cccc1OC. The van der Waals surface area contributed by atoms with Crippen molar-refractivity contribution in [1.29, 1.82) is 0 Å². The lowest BCUT2D eigenvalue weighted by atomic mass is 10.1. The molecule has 1 heterocycles. The highest BCUT2D eigenvalue weighted by atomic mass is 16.5. The molecule has 1 aromatic rings. The second-order valence-corrected chi connectivity index (χ2v) is 5.31. The van der Waals surface area contributed by atoms with Gasteiger partial charge in [0.05, 0.1) is 13.7 Å². The number of nitrogens with two attached hydrogens (primary N) is 1. The van der Waals surface area contributed by atoms with Crippen molar-refractivity contribution in [3.8, 4) is 11.5 Å². The van der Waals surface area contributed by atoms with E-state index < -0.39 is 0 Å². The average molecular weight is 304 g/mol. The van der Waals surface area contributed by atoms with Gasteiger partial charge in [-0.15, -0.1) is 0 Å². The van der Waals surface area contributed by atoms with Gasteiger partial charge in [-0.05, 0) is 31.9 Å². The van der Waals surface area contributed by atoms with Crippen LogP contribution in [0.25, 0.3) is 6.08 Å². The van der Waals surface area contributed by atoms with Crippen LogP contribution in [-0.4, -0.2) is 43.7 Å². The Morgan fingerprint density at radius 3 is 2.77 bits per heavy atom. The third-order valence-electron chi connectivity index (χ3n) is 3.77. The van der Waals surface area contributed by atoms with Gasteiger partial charge in [-0.25, -0.2) is 0 Å². The molecule has 5 heteroatoms. The molecule has 1 aliphatic rings. The number of para-hydroxylation sites is 1. The predicted molar refractivity (Wildman–Crippen MR) is 87.0 cm³/mol. The van der Waals surface area contributed by atoms with Gasteiger partial charge in [0, 0.05) is 30.8 Å². The van der Waals surface area contributed by atoms with E-state index >= 15 is 0 Å². The van der Waals surface area contributed by atoms with Crippen LogP contribution in [0.1, 0.15) is 25.3 Å². The molecule has 120 valence electrons. The molecule has 2 N–H and O–H groups in total. The Morgan fingerprint density at radius 2 is 2.14 bits per heavy atom. The molecule has 0 bridgehead atoms. The Kier molecular flexibility index (Phi) is 5.83. The zero-order valence-corrected chi connectivity index (χ0v) is 13.2. The summed E-state index contributed by atoms with van der Waals surface area (Å²) in [5.41, 5.74) is 6.70. The summed E-state index contributed by atoms with van der Waals surface area (Å²) in [7, 11) is 1.60. The summed E-state index contributed by atoms with van der Waals surface area (Å²) in [4.78, 5) is 14.1. The first-order chi connectivity index (χ1) is 10.7. The Hall–Kier alpha value is -2.01. The van der Waals surface area contributed by atoms with Gasteiger partial charge in [0.1, 0.15) is 0 Å². The van der Waals surface area contributed by atoms with Crippen LogP contribution in [0, 0.1) is 0 Å². The predicted octanol–water partition coefficient (Wildman–Crippen LogP) is 2.06. The van der Waals surface area contributed by atoms with E-state index in [1.807, 2.05) is 30.0 Å². The minimum atomic E-state index is 0.0113. The molecule has 0 radical (unpaired) electrons. The van der Waals surface area contributed by atoms with Gasteiger partial charge in [-0.2, -0.15) is 0 Å². The molecule has 1 aliphatic heterocycles. The molecule has 0 atom stereocenters. The van der Waals surface area contributed by atoms with Crippen molar-refractivity contribution in [2.75, 3.05) is 26.8 Å². The topological polar surface area (TPSA) is 64.8 Å². The summed E-state index contributed by atoms with van der Waals surface area (Å²) in [6.07, 6.45) is 5.10. The first-order valence-electron chi connectivity index (χ1n) is 7.68. The van der Waals surface area contributed by atoms with Crippen LogP contribution in [0.2, 0.25) is 0 Å². The number of ether oxygens (including phenoxy) is 2. The molecule has 1 fully saturated rings. The highest BCUT2D eigenvalue weighted by Gasteiger charge is 2.18. The van der Waals surface area contributed by atoms with E-state index in [-0.39, 0.29) is 11.9 Å². The number of hydrogen-bond acceptors (Lipinski definition) is 4. The quantitative estimate of drug-likeness (QED) is 0.846. The summed E-state index contributed by atoms with van der Waals surface area (Å²) in [6, 6.07) is 5.85. The number of methoxy groups -OCH3 is 1. The molecule has 0 unspecified atom stereocenters. The molecule has 1 amide bonds. The van der Waals surface area contributed by atoms with Crippen LogP contribution >= 0.6 is 0 Å². The highest BCUT2D eigenvalue weighted by molar-refractivity contribution is 5.92. The number of likely N-dealkylation sites (tertiary alicyclic amines) is 1. The highest BCUT2D eigenvalue weighted by Crippen LogP contribution is 2.32. The third kappa shape index (κ3) is 4.01. The Morgan fingerprint density at radius 1 is 1.41 bits per heavy atom. The fourth-order valence-electron chi connectivity index (χ4n) is 2.51. The van der Waals surface area contributed by atoms with Gasteiger partial charge in [0.15, 0.2) is 11.5 Å². The minimum absolute atomic E-state index is 0.0113. The Bertz CT molecular complexity index is 535. The molecule has 1 saturated heterocycles. The van der Waals surface area contributed by atoms with Gasteiger partial charge in [-0.1, -0.05) is 12.1 Å². The molecule has 0 spiro atoms. The van der Waals surface area contributed by atoms with E-state index in [1.54, 1.807) is 19.3 Å². The van der Waals surface area contributed by atoms with E-state index in [0.717, 1.165) is 31.5 Å². The number of carbonyl (C=O) groups excluding carboxylic acids is 1. The summed E-state index contributed by atoms with van der Waals surface area (Å²) < 4.78 is 10.9.